The van der Waals surface area contributed by atoms with Crippen molar-refractivity contribution in [2.24, 2.45) is 0 Å². The van der Waals surface area contributed by atoms with Gasteiger partial charge >= 0.3 is 6.03 Å². The topological polar surface area (TPSA) is 83.3 Å². The summed E-state index contributed by atoms with van der Waals surface area (Å²) in [5.41, 5.74) is 0. The number of hydrogen-bond donors (Lipinski definition) is 2. The van der Waals surface area contributed by atoms with E-state index in [2.05, 4.69) is 25.5 Å². The highest BCUT2D eigenvalue weighted by Gasteiger charge is 2.22. The second-order valence-corrected chi connectivity index (χ2v) is 5.24. The number of furan rings is 1. The Morgan fingerprint density at radius 1 is 1.36 bits per heavy atom. The van der Waals surface area contributed by atoms with Crippen LogP contribution in [0.25, 0.3) is 0 Å². The van der Waals surface area contributed by atoms with Gasteiger partial charge in [-0.1, -0.05) is 0 Å². The van der Waals surface area contributed by atoms with Gasteiger partial charge in [0.2, 0.25) is 5.95 Å². The van der Waals surface area contributed by atoms with E-state index in [0.717, 1.165) is 31.7 Å². The first-order valence-corrected chi connectivity index (χ1v) is 7.40. The van der Waals surface area contributed by atoms with E-state index in [9.17, 15) is 4.79 Å². The number of carbonyl (C=O) groups is 1. The van der Waals surface area contributed by atoms with E-state index in [1.165, 1.54) is 0 Å². The summed E-state index contributed by atoms with van der Waals surface area (Å²) in [6.45, 7) is 2.02. The summed E-state index contributed by atoms with van der Waals surface area (Å²) in [7, 11) is 0. The number of rotatable bonds is 4. The third kappa shape index (κ3) is 3.75. The van der Waals surface area contributed by atoms with Gasteiger partial charge in [-0.15, -0.1) is 0 Å². The average molecular weight is 301 g/mol. The summed E-state index contributed by atoms with van der Waals surface area (Å²) in [5, 5.41) is 5.79. The number of aromatic nitrogens is 2. The molecule has 2 aromatic rings. The standard InChI is InChI=1S/C15H19N5O2/c21-15(18-10-13-5-2-9-22-13)19-12-4-1-8-20(11-12)14-16-6-3-7-17-14/h2-3,5-7,9,12H,1,4,8,10-11H2,(H2,18,19,21)/t12-/m1/s1. The summed E-state index contributed by atoms with van der Waals surface area (Å²) < 4.78 is 5.18. The zero-order valence-corrected chi connectivity index (χ0v) is 12.2. The molecule has 1 aliphatic heterocycles. The molecule has 0 spiro atoms. The van der Waals surface area contributed by atoms with Crippen LogP contribution in [0, 0.1) is 0 Å². The number of carbonyl (C=O) groups excluding carboxylic acids is 1. The summed E-state index contributed by atoms with van der Waals surface area (Å²) >= 11 is 0. The fraction of sp³-hybridized carbons (Fsp3) is 0.400. The predicted molar refractivity (Wildman–Crippen MR) is 81.3 cm³/mol. The smallest absolute Gasteiger partial charge is 0.315 e. The molecular weight excluding hydrogens is 282 g/mol. The van der Waals surface area contributed by atoms with Crippen molar-refractivity contribution in [2.45, 2.75) is 25.4 Å². The van der Waals surface area contributed by atoms with Gasteiger partial charge in [0.25, 0.3) is 0 Å². The zero-order chi connectivity index (χ0) is 15.2. The van der Waals surface area contributed by atoms with E-state index in [4.69, 9.17) is 4.42 Å². The molecule has 7 nitrogen and oxygen atoms in total. The van der Waals surface area contributed by atoms with Crippen molar-refractivity contribution in [3.63, 3.8) is 0 Å². The minimum atomic E-state index is -0.183. The predicted octanol–water partition coefficient (Wildman–Crippen LogP) is 1.54. The number of urea groups is 1. The Balaban J connectivity index is 1.48. The summed E-state index contributed by atoms with van der Waals surface area (Å²) in [4.78, 5) is 22.6. The van der Waals surface area contributed by atoms with Crippen molar-refractivity contribution in [2.75, 3.05) is 18.0 Å². The van der Waals surface area contributed by atoms with Crippen molar-refractivity contribution in [3.8, 4) is 0 Å². The quantitative estimate of drug-likeness (QED) is 0.895. The van der Waals surface area contributed by atoms with E-state index in [1.807, 2.05) is 6.07 Å². The molecule has 0 aromatic carbocycles. The minimum Gasteiger partial charge on any atom is -0.467 e. The Hall–Kier alpha value is -2.57. The third-order valence-electron chi connectivity index (χ3n) is 3.59. The Bertz CT molecular complexity index is 587. The van der Waals surface area contributed by atoms with Gasteiger partial charge in [0.15, 0.2) is 0 Å². The maximum absolute atomic E-state index is 11.9. The van der Waals surface area contributed by atoms with Crippen LogP contribution < -0.4 is 15.5 Å². The van der Waals surface area contributed by atoms with Crippen LogP contribution in [-0.4, -0.2) is 35.1 Å². The highest BCUT2D eigenvalue weighted by Crippen LogP contribution is 2.15. The van der Waals surface area contributed by atoms with Gasteiger partial charge in [-0.25, -0.2) is 14.8 Å². The lowest BCUT2D eigenvalue weighted by molar-refractivity contribution is 0.233. The largest absolute Gasteiger partial charge is 0.467 e. The fourth-order valence-corrected chi connectivity index (χ4v) is 2.55. The first-order valence-electron chi connectivity index (χ1n) is 7.40. The van der Waals surface area contributed by atoms with E-state index in [-0.39, 0.29) is 12.1 Å². The maximum Gasteiger partial charge on any atom is 0.315 e. The van der Waals surface area contributed by atoms with Crippen molar-refractivity contribution in [3.05, 3.63) is 42.6 Å². The molecule has 1 saturated heterocycles. The Morgan fingerprint density at radius 3 is 3.00 bits per heavy atom. The molecule has 116 valence electrons. The number of amides is 2. The molecule has 0 saturated carbocycles. The van der Waals surface area contributed by atoms with Crippen LogP contribution in [0.3, 0.4) is 0 Å². The van der Waals surface area contributed by atoms with E-state index < -0.39 is 0 Å². The number of piperidine rings is 1. The van der Waals surface area contributed by atoms with Gasteiger partial charge in [0.1, 0.15) is 5.76 Å². The van der Waals surface area contributed by atoms with Gasteiger partial charge in [0, 0.05) is 31.5 Å². The third-order valence-corrected chi connectivity index (χ3v) is 3.59. The van der Waals surface area contributed by atoms with Crippen molar-refractivity contribution in [1.29, 1.82) is 0 Å². The number of nitrogens with zero attached hydrogens (tertiary/aromatic N) is 3. The Kier molecular flexibility index (Phi) is 4.53. The lowest BCUT2D eigenvalue weighted by Crippen LogP contribution is -2.50. The summed E-state index contributed by atoms with van der Waals surface area (Å²) in [5.74, 6) is 1.45. The molecule has 2 amide bonds. The monoisotopic (exact) mass is 301 g/mol. The average Bonchev–Trinajstić information content (AvgIpc) is 3.08. The molecule has 2 N–H and O–H groups in total. The van der Waals surface area contributed by atoms with Crippen molar-refractivity contribution < 1.29 is 9.21 Å². The van der Waals surface area contributed by atoms with Gasteiger partial charge in [0.05, 0.1) is 12.8 Å². The Morgan fingerprint density at radius 2 is 2.23 bits per heavy atom. The van der Waals surface area contributed by atoms with E-state index >= 15 is 0 Å². The first-order chi connectivity index (χ1) is 10.8. The van der Waals surface area contributed by atoms with Gasteiger partial charge in [-0.05, 0) is 31.0 Å². The van der Waals surface area contributed by atoms with Crippen molar-refractivity contribution in [1.82, 2.24) is 20.6 Å². The van der Waals surface area contributed by atoms with Crippen LogP contribution in [0.1, 0.15) is 18.6 Å². The van der Waals surface area contributed by atoms with E-state index in [0.29, 0.717) is 12.5 Å². The van der Waals surface area contributed by atoms with Gasteiger partial charge in [-0.2, -0.15) is 0 Å². The second-order valence-electron chi connectivity index (χ2n) is 5.24. The normalized spacial score (nSPS) is 18.0. The lowest BCUT2D eigenvalue weighted by Gasteiger charge is -2.33. The van der Waals surface area contributed by atoms with E-state index in [1.54, 1.807) is 30.8 Å². The molecule has 0 radical (unpaired) electrons. The molecule has 22 heavy (non-hydrogen) atoms. The SMILES string of the molecule is O=C(NCc1ccco1)N[C@@H]1CCCN(c2ncccn2)C1. The molecule has 2 aromatic heterocycles. The van der Waals surface area contributed by atoms with Crippen LogP contribution in [-0.2, 0) is 6.54 Å². The lowest BCUT2D eigenvalue weighted by atomic mass is 10.1. The molecule has 7 heteroatoms. The van der Waals surface area contributed by atoms with Crippen LogP contribution in [0.5, 0.6) is 0 Å². The molecule has 0 bridgehead atoms. The van der Waals surface area contributed by atoms with Crippen LogP contribution in [0.15, 0.2) is 41.3 Å². The zero-order valence-electron chi connectivity index (χ0n) is 12.2. The summed E-state index contributed by atoms with van der Waals surface area (Å²) in [6.07, 6.45) is 7.01. The molecular formula is C15H19N5O2. The first kappa shape index (κ1) is 14.4. The summed E-state index contributed by atoms with van der Waals surface area (Å²) in [6, 6.07) is 5.33. The molecule has 3 rings (SSSR count). The molecule has 3 heterocycles. The molecule has 0 unspecified atom stereocenters. The van der Waals surface area contributed by atoms with Crippen LogP contribution >= 0.6 is 0 Å². The molecule has 0 aliphatic carbocycles. The maximum atomic E-state index is 11.9. The van der Waals surface area contributed by atoms with Gasteiger partial charge in [-0.3, -0.25) is 0 Å². The minimum absolute atomic E-state index is 0.0918. The number of nitrogens with one attached hydrogen (secondary N) is 2. The molecule has 1 aliphatic rings. The van der Waals surface area contributed by atoms with Crippen molar-refractivity contribution >= 4 is 12.0 Å². The highest BCUT2D eigenvalue weighted by molar-refractivity contribution is 5.74. The molecule has 1 fully saturated rings. The number of anilines is 1. The van der Waals surface area contributed by atoms with Gasteiger partial charge < -0.3 is 20.0 Å². The molecule has 1 atom stereocenters. The fourth-order valence-electron chi connectivity index (χ4n) is 2.55. The number of hydrogen-bond acceptors (Lipinski definition) is 5. The highest BCUT2D eigenvalue weighted by atomic mass is 16.3. The van der Waals surface area contributed by atoms with Crippen LogP contribution in [0.4, 0.5) is 10.7 Å². The van der Waals surface area contributed by atoms with Crippen LogP contribution in [0.2, 0.25) is 0 Å². The second kappa shape index (κ2) is 6.93. The Labute approximate surface area is 128 Å².